The second kappa shape index (κ2) is 5.63. The van der Waals surface area contributed by atoms with Crippen LogP contribution in [0.15, 0.2) is 12.4 Å². The molecule has 1 atom stereocenters. The highest BCUT2D eigenvalue weighted by molar-refractivity contribution is 5.33. The molecule has 1 N–H and O–H groups in total. The zero-order valence-corrected chi connectivity index (χ0v) is 9.50. The van der Waals surface area contributed by atoms with Gasteiger partial charge in [0.15, 0.2) is 0 Å². The Morgan fingerprint density at radius 3 is 2.60 bits per heavy atom. The van der Waals surface area contributed by atoms with Crippen molar-refractivity contribution in [1.82, 2.24) is 9.97 Å². The molecule has 4 heteroatoms. The number of nitrogens with zero attached hydrogens (tertiary/aromatic N) is 2. The van der Waals surface area contributed by atoms with Crippen molar-refractivity contribution in [3.05, 3.63) is 18.3 Å². The lowest BCUT2D eigenvalue weighted by Gasteiger charge is -2.15. The van der Waals surface area contributed by atoms with Gasteiger partial charge < -0.3 is 5.32 Å². The normalized spacial score (nSPS) is 12.9. The fourth-order valence-electron chi connectivity index (χ4n) is 1.32. The molecule has 0 radical (unpaired) electrons. The smallest absolute Gasteiger partial charge is 0.217 e. The molecular weight excluding hydrogens is 193 g/mol. The molecular formula is C11H18FN3. The predicted octanol–water partition coefficient (Wildman–Crippen LogP) is 2.85. The van der Waals surface area contributed by atoms with E-state index in [9.17, 15) is 4.39 Å². The Morgan fingerprint density at radius 2 is 2.00 bits per heavy atom. The highest BCUT2D eigenvalue weighted by Crippen LogP contribution is 2.11. The Balaban J connectivity index is 2.40. The molecule has 0 amide bonds. The van der Waals surface area contributed by atoms with Gasteiger partial charge in [0.1, 0.15) is 12.1 Å². The Kier molecular flexibility index (Phi) is 4.46. The summed E-state index contributed by atoms with van der Waals surface area (Å²) >= 11 is 0. The van der Waals surface area contributed by atoms with Gasteiger partial charge in [0.2, 0.25) is 5.95 Å². The Bertz CT molecular complexity index is 302. The molecule has 0 aliphatic heterocycles. The fourth-order valence-corrected chi connectivity index (χ4v) is 1.32. The van der Waals surface area contributed by atoms with Crippen molar-refractivity contribution in [2.24, 2.45) is 5.92 Å². The molecule has 0 bridgehead atoms. The van der Waals surface area contributed by atoms with Gasteiger partial charge in [-0.3, -0.25) is 0 Å². The van der Waals surface area contributed by atoms with Crippen molar-refractivity contribution in [2.75, 3.05) is 5.32 Å². The lowest BCUT2D eigenvalue weighted by Crippen LogP contribution is -2.16. The van der Waals surface area contributed by atoms with E-state index >= 15 is 0 Å². The maximum atomic E-state index is 12.7. The van der Waals surface area contributed by atoms with Gasteiger partial charge >= 0.3 is 0 Å². The molecule has 0 saturated carbocycles. The standard InChI is InChI=1S/C11H18FN3/c1-8(2)4-5-9(3)15-11-6-10(12)13-7-14-11/h6-9H,4-5H2,1-3H3,(H,13,14,15). The van der Waals surface area contributed by atoms with Crippen LogP contribution in [0.3, 0.4) is 0 Å². The number of aromatic nitrogens is 2. The molecule has 0 saturated heterocycles. The third-order valence-corrected chi connectivity index (χ3v) is 2.21. The number of hydrogen-bond acceptors (Lipinski definition) is 3. The molecule has 84 valence electrons. The van der Waals surface area contributed by atoms with Crippen molar-refractivity contribution in [3.8, 4) is 0 Å². The minimum atomic E-state index is -0.497. The maximum Gasteiger partial charge on any atom is 0.217 e. The van der Waals surface area contributed by atoms with Crippen molar-refractivity contribution < 1.29 is 4.39 Å². The average Bonchev–Trinajstić information content (AvgIpc) is 2.15. The fraction of sp³-hybridized carbons (Fsp3) is 0.636. The van der Waals surface area contributed by atoms with Crippen LogP contribution in [-0.4, -0.2) is 16.0 Å². The van der Waals surface area contributed by atoms with Gasteiger partial charge in [-0.05, 0) is 25.7 Å². The van der Waals surface area contributed by atoms with Crippen LogP contribution in [0.2, 0.25) is 0 Å². The molecule has 1 unspecified atom stereocenters. The summed E-state index contributed by atoms with van der Waals surface area (Å²) < 4.78 is 12.7. The first-order chi connectivity index (χ1) is 7.08. The van der Waals surface area contributed by atoms with Crippen LogP contribution >= 0.6 is 0 Å². The maximum absolute atomic E-state index is 12.7. The van der Waals surface area contributed by atoms with Crippen LogP contribution in [0.5, 0.6) is 0 Å². The SMILES string of the molecule is CC(C)CCC(C)Nc1cc(F)ncn1. The van der Waals surface area contributed by atoms with E-state index in [1.165, 1.54) is 12.4 Å². The van der Waals surface area contributed by atoms with E-state index in [0.717, 1.165) is 12.8 Å². The summed E-state index contributed by atoms with van der Waals surface area (Å²) in [6.07, 6.45) is 3.44. The van der Waals surface area contributed by atoms with E-state index in [4.69, 9.17) is 0 Å². The average molecular weight is 211 g/mol. The van der Waals surface area contributed by atoms with Crippen molar-refractivity contribution in [1.29, 1.82) is 0 Å². The molecule has 15 heavy (non-hydrogen) atoms. The number of halogens is 1. The molecule has 0 fully saturated rings. The second-order valence-electron chi connectivity index (χ2n) is 4.24. The van der Waals surface area contributed by atoms with Crippen LogP contribution in [0.25, 0.3) is 0 Å². The van der Waals surface area contributed by atoms with E-state index in [0.29, 0.717) is 17.8 Å². The quantitative estimate of drug-likeness (QED) is 0.761. The molecule has 3 nitrogen and oxygen atoms in total. The highest BCUT2D eigenvalue weighted by atomic mass is 19.1. The van der Waals surface area contributed by atoms with Crippen LogP contribution in [0, 0.1) is 11.9 Å². The Morgan fingerprint density at radius 1 is 1.27 bits per heavy atom. The Hall–Kier alpha value is -1.19. The lowest BCUT2D eigenvalue weighted by molar-refractivity contribution is 0.526. The molecule has 1 heterocycles. The third kappa shape index (κ3) is 4.72. The monoisotopic (exact) mass is 211 g/mol. The molecule has 0 spiro atoms. The van der Waals surface area contributed by atoms with E-state index < -0.39 is 5.95 Å². The lowest BCUT2D eigenvalue weighted by atomic mass is 10.0. The van der Waals surface area contributed by atoms with Crippen LogP contribution < -0.4 is 5.32 Å². The largest absolute Gasteiger partial charge is 0.367 e. The van der Waals surface area contributed by atoms with E-state index in [1.54, 1.807) is 0 Å². The number of hydrogen-bond donors (Lipinski definition) is 1. The second-order valence-corrected chi connectivity index (χ2v) is 4.24. The molecule has 1 aromatic heterocycles. The molecule has 0 aromatic carbocycles. The van der Waals surface area contributed by atoms with Gasteiger partial charge in [-0.1, -0.05) is 13.8 Å². The van der Waals surface area contributed by atoms with E-state index in [2.05, 4.69) is 36.1 Å². The van der Waals surface area contributed by atoms with Crippen LogP contribution in [0.4, 0.5) is 10.2 Å². The van der Waals surface area contributed by atoms with E-state index in [1.807, 2.05) is 0 Å². The molecule has 1 aromatic rings. The third-order valence-electron chi connectivity index (χ3n) is 2.21. The summed E-state index contributed by atoms with van der Waals surface area (Å²) in [7, 11) is 0. The number of rotatable bonds is 5. The number of anilines is 1. The summed E-state index contributed by atoms with van der Waals surface area (Å²) in [4.78, 5) is 7.35. The summed E-state index contributed by atoms with van der Waals surface area (Å²) in [6.45, 7) is 6.45. The Labute approximate surface area is 90.1 Å². The summed E-state index contributed by atoms with van der Waals surface area (Å²) in [5, 5.41) is 3.15. The first-order valence-electron chi connectivity index (χ1n) is 5.32. The minimum Gasteiger partial charge on any atom is -0.367 e. The predicted molar refractivity (Wildman–Crippen MR) is 59.1 cm³/mol. The topological polar surface area (TPSA) is 37.8 Å². The zero-order valence-electron chi connectivity index (χ0n) is 9.50. The molecule has 1 rings (SSSR count). The van der Waals surface area contributed by atoms with Crippen LogP contribution in [-0.2, 0) is 0 Å². The number of nitrogens with one attached hydrogen (secondary N) is 1. The van der Waals surface area contributed by atoms with Gasteiger partial charge in [0.25, 0.3) is 0 Å². The van der Waals surface area contributed by atoms with Gasteiger partial charge in [-0.25, -0.2) is 9.97 Å². The summed E-state index contributed by atoms with van der Waals surface area (Å²) in [5.41, 5.74) is 0. The highest BCUT2D eigenvalue weighted by Gasteiger charge is 2.05. The minimum absolute atomic E-state index is 0.307. The zero-order chi connectivity index (χ0) is 11.3. The van der Waals surface area contributed by atoms with Gasteiger partial charge in [-0.15, -0.1) is 0 Å². The van der Waals surface area contributed by atoms with Crippen molar-refractivity contribution in [3.63, 3.8) is 0 Å². The van der Waals surface area contributed by atoms with Gasteiger partial charge in [-0.2, -0.15) is 4.39 Å². The molecule has 0 aliphatic rings. The van der Waals surface area contributed by atoms with Crippen LogP contribution in [0.1, 0.15) is 33.6 Å². The summed E-state index contributed by atoms with van der Waals surface area (Å²) in [5.74, 6) is 0.749. The van der Waals surface area contributed by atoms with E-state index in [-0.39, 0.29) is 0 Å². The van der Waals surface area contributed by atoms with Crippen molar-refractivity contribution in [2.45, 2.75) is 39.7 Å². The van der Waals surface area contributed by atoms with Crippen molar-refractivity contribution >= 4 is 5.82 Å². The first-order valence-corrected chi connectivity index (χ1v) is 5.32. The summed E-state index contributed by atoms with van der Waals surface area (Å²) in [6, 6.07) is 1.62. The first kappa shape index (κ1) is 11.9. The molecule has 0 aliphatic carbocycles. The van der Waals surface area contributed by atoms with Gasteiger partial charge in [0.05, 0.1) is 0 Å². The van der Waals surface area contributed by atoms with Gasteiger partial charge in [0, 0.05) is 12.1 Å².